The van der Waals surface area contributed by atoms with Crippen LogP contribution in [0.1, 0.15) is 36.2 Å². The molecule has 0 aromatic carbocycles. The second kappa shape index (κ2) is 9.06. The average Bonchev–Trinajstić information content (AvgIpc) is 3.43. The Bertz CT molecular complexity index is 1320. The van der Waals surface area contributed by atoms with Gasteiger partial charge in [0.2, 0.25) is 0 Å². The number of hydrogen-bond donors (Lipinski definition) is 4. The topological polar surface area (TPSA) is 140 Å². The van der Waals surface area contributed by atoms with Crippen molar-refractivity contribution in [1.29, 1.82) is 0 Å². The number of aryl methyl sites for hydroxylation is 1. The molecule has 5 rings (SSSR count). The largest absolute Gasteiger partial charge is 0.366 e. The summed E-state index contributed by atoms with van der Waals surface area (Å²) in [5.74, 6) is 0.0225. The van der Waals surface area contributed by atoms with Gasteiger partial charge in [-0.1, -0.05) is 0 Å². The molecule has 0 saturated heterocycles. The lowest BCUT2D eigenvalue weighted by atomic mass is 9.92. The Hall–Kier alpha value is -4.06. The van der Waals surface area contributed by atoms with Gasteiger partial charge in [-0.05, 0) is 31.7 Å². The van der Waals surface area contributed by atoms with Crippen LogP contribution in [0.15, 0.2) is 43.0 Å². The lowest BCUT2D eigenvalue weighted by Gasteiger charge is -2.27. The summed E-state index contributed by atoms with van der Waals surface area (Å²) in [7, 11) is 1.82. The molecule has 1 fully saturated rings. The number of hydrogen-bond acceptors (Lipinski definition) is 8. The highest BCUT2D eigenvalue weighted by atomic mass is 19.1. The summed E-state index contributed by atoms with van der Waals surface area (Å²) in [6.45, 7) is 0. The highest BCUT2D eigenvalue weighted by molar-refractivity contribution is 6.03. The average molecular weight is 465 g/mol. The zero-order valence-corrected chi connectivity index (χ0v) is 18.6. The summed E-state index contributed by atoms with van der Waals surface area (Å²) < 4.78 is 17.1. The Kier molecular flexibility index (Phi) is 5.80. The number of nitrogens with two attached hydrogens (primary N) is 1. The molecular formula is C22H25FN10O. The van der Waals surface area contributed by atoms with Crippen LogP contribution >= 0.6 is 0 Å². The van der Waals surface area contributed by atoms with E-state index in [1.807, 2.05) is 25.4 Å². The van der Waals surface area contributed by atoms with Crippen molar-refractivity contribution in [2.75, 3.05) is 16.0 Å². The molecule has 0 atom stereocenters. The van der Waals surface area contributed by atoms with E-state index >= 15 is 0 Å². The number of carbonyl (C=O) groups excluding carboxylic acids is 1. The zero-order chi connectivity index (χ0) is 23.7. The highest BCUT2D eigenvalue weighted by Crippen LogP contribution is 2.26. The van der Waals surface area contributed by atoms with Crippen LogP contribution in [0.2, 0.25) is 0 Å². The van der Waals surface area contributed by atoms with Gasteiger partial charge in [0.25, 0.3) is 5.91 Å². The normalized spacial score (nSPS) is 18.1. The van der Waals surface area contributed by atoms with E-state index in [1.54, 1.807) is 4.68 Å². The van der Waals surface area contributed by atoms with E-state index in [9.17, 15) is 9.18 Å². The number of nitrogens with zero attached hydrogens (tertiary/aromatic N) is 6. The molecule has 0 unspecified atom stereocenters. The van der Waals surface area contributed by atoms with Crippen LogP contribution in [0.5, 0.6) is 0 Å². The van der Waals surface area contributed by atoms with Crippen molar-refractivity contribution < 1.29 is 9.18 Å². The van der Waals surface area contributed by atoms with Crippen molar-refractivity contribution in [3.05, 3.63) is 54.5 Å². The molecule has 0 bridgehead atoms. The summed E-state index contributed by atoms with van der Waals surface area (Å²) in [6, 6.07) is 5.51. The second-order valence-electron chi connectivity index (χ2n) is 8.39. The molecule has 4 aromatic heterocycles. The fourth-order valence-electron chi connectivity index (χ4n) is 4.04. The minimum atomic E-state index is -0.631. The molecule has 12 heteroatoms. The molecule has 1 aliphatic rings. The smallest absolute Gasteiger partial charge is 0.276 e. The van der Waals surface area contributed by atoms with E-state index in [0.29, 0.717) is 23.0 Å². The molecule has 4 heterocycles. The van der Waals surface area contributed by atoms with Gasteiger partial charge < -0.3 is 21.7 Å². The lowest BCUT2D eigenvalue weighted by molar-refractivity contribution is 0.102. The molecule has 1 aliphatic carbocycles. The van der Waals surface area contributed by atoms with E-state index in [0.717, 1.165) is 31.9 Å². The third-order valence-corrected chi connectivity index (χ3v) is 5.82. The Labute approximate surface area is 194 Å². The summed E-state index contributed by atoms with van der Waals surface area (Å²) in [4.78, 5) is 21.1. The predicted octanol–water partition coefficient (Wildman–Crippen LogP) is 2.67. The first-order valence-corrected chi connectivity index (χ1v) is 11.0. The molecule has 11 nitrogen and oxygen atoms in total. The van der Waals surface area contributed by atoms with Gasteiger partial charge in [0.15, 0.2) is 23.0 Å². The van der Waals surface area contributed by atoms with E-state index in [2.05, 4.69) is 36.1 Å². The van der Waals surface area contributed by atoms with Gasteiger partial charge in [-0.2, -0.15) is 5.10 Å². The first-order chi connectivity index (χ1) is 16.5. The molecule has 34 heavy (non-hydrogen) atoms. The number of carbonyl (C=O) groups is 1. The number of rotatable bonds is 6. The molecule has 4 aromatic rings. The number of aromatic nitrogens is 6. The van der Waals surface area contributed by atoms with Crippen molar-refractivity contribution in [1.82, 2.24) is 29.4 Å². The second-order valence-corrected chi connectivity index (χ2v) is 8.39. The third kappa shape index (κ3) is 4.53. The van der Waals surface area contributed by atoms with E-state index in [-0.39, 0.29) is 23.5 Å². The number of anilines is 4. The molecule has 0 radical (unpaired) electrons. The van der Waals surface area contributed by atoms with E-state index in [1.165, 1.54) is 23.0 Å². The van der Waals surface area contributed by atoms with Crippen molar-refractivity contribution in [2.24, 2.45) is 12.8 Å². The highest BCUT2D eigenvalue weighted by Gasteiger charge is 2.22. The van der Waals surface area contributed by atoms with Crippen molar-refractivity contribution >= 4 is 34.6 Å². The van der Waals surface area contributed by atoms with Crippen LogP contribution in [0, 0.1) is 5.82 Å². The Morgan fingerprint density at radius 3 is 2.68 bits per heavy atom. The summed E-state index contributed by atoms with van der Waals surface area (Å²) in [5.41, 5.74) is 7.28. The summed E-state index contributed by atoms with van der Waals surface area (Å²) in [6.07, 6.45) is 9.41. The first kappa shape index (κ1) is 21.8. The standard InChI is InChI=1S/C22H25FN10O/c1-32-9-7-19(30-32)28-17-10-20(27-14-4-2-13(24)3-5-14)31-33-18(12-26-21(17)33)22(34)29-16-6-8-25-11-15(16)23/h6-14H,2-5,24H2,1H3,(H,27,31)(H,28,30)(H,25,29,34). The van der Waals surface area contributed by atoms with Gasteiger partial charge in [-0.25, -0.2) is 13.9 Å². The predicted molar refractivity (Wildman–Crippen MR) is 125 cm³/mol. The lowest BCUT2D eigenvalue weighted by Crippen LogP contribution is -2.33. The number of nitrogens with one attached hydrogen (secondary N) is 3. The van der Waals surface area contributed by atoms with E-state index < -0.39 is 11.7 Å². The van der Waals surface area contributed by atoms with Gasteiger partial charge in [0.05, 0.1) is 23.8 Å². The Balaban J connectivity index is 1.50. The molecule has 0 aliphatic heterocycles. The van der Waals surface area contributed by atoms with Crippen molar-refractivity contribution in [3.8, 4) is 0 Å². The van der Waals surface area contributed by atoms with Crippen molar-refractivity contribution in [2.45, 2.75) is 37.8 Å². The molecule has 5 N–H and O–H groups in total. The minimum Gasteiger partial charge on any atom is -0.366 e. The minimum absolute atomic E-state index is 0.0228. The van der Waals surface area contributed by atoms with Crippen LogP contribution in [-0.4, -0.2) is 47.4 Å². The zero-order valence-electron chi connectivity index (χ0n) is 18.6. The third-order valence-electron chi connectivity index (χ3n) is 5.82. The van der Waals surface area contributed by atoms with Gasteiger partial charge >= 0.3 is 0 Å². The van der Waals surface area contributed by atoms with Crippen LogP contribution in [-0.2, 0) is 7.05 Å². The molecular weight excluding hydrogens is 439 g/mol. The number of halogens is 1. The van der Waals surface area contributed by atoms with Crippen LogP contribution < -0.4 is 21.7 Å². The van der Waals surface area contributed by atoms with Gasteiger partial charge in [0, 0.05) is 43.7 Å². The van der Waals surface area contributed by atoms with Crippen LogP contribution in [0.25, 0.3) is 5.65 Å². The Morgan fingerprint density at radius 2 is 1.94 bits per heavy atom. The quantitative estimate of drug-likeness (QED) is 0.341. The fraction of sp³-hybridized carbons (Fsp3) is 0.318. The van der Waals surface area contributed by atoms with Gasteiger partial charge in [-0.15, -0.1) is 5.10 Å². The molecule has 0 spiro atoms. The number of fused-ring (bicyclic) bond motifs is 1. The SMILES string of the molecule is Cn1ccc(Nc2cc(NC3CCC(N)CC3)nn3c(C(=O)Nc4ccncc4F)cnc23)n1. The monoisotopic (exact) mass is 464 g/mol. The number of pyridine rings is 1. The van der Waals surface area contributed by atoms with E-state index in [4.69, 9.17) is 5.73 Å². The Morgan fingerprint density at radius 1 is 1.12 bits per heavy atom. The van der Waals surface area contributed by atoms with Crippen LogP contribution in [0.3, 0.4) is 0 Å². The maximum absolute atomic E-state index is 14.0. The number of amides is 1. The van der Waals surface area contributed by atoms with Crippen LogP contribution in [0.4, 0.5) is 27.4 Å². The maximum Gasteiger partial charge on any atom is 0.276 e. The molecule has 176 valence electrons. The maximum atomic E-state index is 14.0. The van der Waals surface area contributed by atoms with Gasteiger partial charge in [-0.3, -0.25) is 14.5 Å². The number of imidazole rings is 1. The summed E-state index contributed by atoms with van der Waals surface area (Å²) >= 11 is 0. The fourth-order valence-corrected chi connectivity index (χ4v) is 4.04. The van der Waals surface area contributed by atoms with Gasteiger partial charge in [0.1, 0.15) is 5.82 Å². The molecule has 1 saturated carbocycles. The molecule has 1 amide bonds. The van der Waals surface area contributed by atoms with Crippen molar-refractivity contribution in [3.63, 3.8) is 0 Å². The first-order valence-electron chi connectivity index (χ1n) is 11.0. The summed E-state index contributed by atoms with van der Waals surface area (Å²) in [5, 5.41) is 18.2.